The van der Waals surface area contributed by atoms with Crippen molar-refractivity contribution in [1.82, 2.24) is 15.2 Å². The van der Waals surface area contributed by atoms with Crippen molar-refractivity contribution in [2.45, 2.75) is 78.3 Å². The zero-order valence-electron chi connectivity index (χ0n) is 21.7. The number of aromatic nitrogens is 1. The van der Waals surface area contributed by atoms with Crippen LogP contribution < -0.4 is 15.8 Å². The summed E-state index contributed by atoms with van der Waals surface area (Å²) in [6, 6.07) is 11.6. The van der Waals surface area contributed by atoms with Gasteiger partial charge in [-0.05, 0) is 42.7 Å². The van der Waals surface area contributed by atoms with Gasteiger partial charge in [0.1, 0.15) is 5.75 Å². The fraction of sp³-hybridized carbons (Fsp3) is 0.536. The maximum atomic E-state index is 13.0. The zero-order chi connectivity index (χ0) is 24.8. The molecule has 0 bridgehead atoms. The van der Waals surface area contributed by atoms with Gasteiger partial charge in [-0.2, -0.15) is 0 Å². The van der Waals surface area contributed by atoms with Crippen LogP contribution in [0.1, 0.15) is 71.3 Å². The van der Waals surface area contributed by atoms with Crippen LogP contribution in [0.5, 0.6) is 11.6 Å². The Morgan fingerprint density at radius 3 is 2.61 bits per heavy atom. The van der Waals surface area contributed by atoms with Crippen LogP contribution in [-0.2, 0) is 11.3 Å². The van der Waals surface area contributed by atoms with Gasteiger partial charge in [-0.3, -0.25) is 4.79 Å². The van der Waals surface area contributed by atoms with Gasteiger partial charge in [-0.15, -0.1) is 12.4 Å². The molecule has 1 aromatic carbocycles. The number of aliphatic imine (C=N–C) groups is 1. The highest BCUT2D eigenvalue weighted by molar-refractivity contribution is 5.85. The Hall–Kier alpha value is -2.80. The van der Waals surface area contributed by atoms with Crippen LogP contribution >= 0.6 is 12.4 Å². The van der Waals surface area contributed by atoms with Crippen molar-refractivity contribution in [2.75, 3.05) is 6.54 Å². The van der Waals surface area contributed by atoms with Crippen LogP contribution in [-0.4, -0.2) is 34.3 Å². The van der Waals surface area contributed by atoms with Crippen LogP contribution in [0.4, 0.5) is 5.69 Å². The van der Waals surface area contributed by atoms with E-state index in [0.29, 0.717) is 37.3 Å². The quantitative estimate of drug-likeness (QED) is 0.455. The summed E-state index contributed by atoms with van der Waals surface area (Å²) in [5.41, 5.74) is 8.44. The number of hydrogen-bond donors (Lipinski definition) is 2. The lowest BCUT2D eigenvalue weighted by Gasteiger charge is -2.41. The van der Waals surface area contributed by atoms with E-state index >= 15 is 0 Å². The molecule has 7 nitrogen and oxygen atoms in total. The van der Waals surface area contributed by atoms with Gasteiger partial charge in [0.25, 0.3) is 0 Å². The Kier molecular flexibility index (Phi) is 9.60. The first-order valence-corrected chi connectivity index (χ1v) is 12.9. The van der Waals surface area contributed by atoms with Crippen molar-refractivity contribution in [3.63, 3.8) is 0 Å². The molecule has 1 saturated carbocycles. The van der Waals surface area contributed by atoms with Crippen LogP contribution in [0.3, 0.4) is 0 Å². The molecule has 1 aliphatic heterocycles. The standard InChI is InChI=1S/C28H39N5O2.ClH/c1-28(2,3)14-15-30-25(34)17-24(20-10-6-4-7-11-20)33-19-21-16-26(31-18-23(21)32-27(33)29)35-22-12-8-5-9-13-22;/h5,8-9,12-13,16,18,20,24H,4,6-7,10-11,14-15,17,19H2,1-3H3,(H2,29,32)(H,30,34);1H/t24-;/m0./s1. The van der Waals surface area contributed by atoms with Gasteiger partial charge in [-0.1, -0.05) is 58.2 Å². The summed E-state index contributed by atoms with van der Waals surface area (Å²) in [5, 5.41) is 3.14. The third-order valence-electron chi connectivity index (χ3n) is 6.96. The SMILES string of the molecule is CC(C)(C)CCNC(=O)C[C@@H](C1CCCCC1)N1Cc2cc(Oc3ccccc3)ncc2N=C1N.Cl. The maximum Gasteiger partial charge on any atom is 0.222 e. The average Bonchev–Trinajstić information content (AvgIpc) is 2.83. The van der Waals surface area contributed by atoms with E-state index in [1.807, 2.05) is 36.4 Å². The van der Waals surface area contributed by atoms with Crippen molar-refractivity contribution in [2.24, 2.45) is 22.1 Å². The highest BCUT2D eigenvalue weighted by Gasteiger charge is 2.34. The number of rotatable bonds is 8. The average molecular weight is 514 g/mol. The number of halogens is 1. The molecule has 3 N–H and O–H groups in total. The first-order valence-electron chi connectivity index (χ1n) is 12.9. The minimum absolute atomic E-state index is 0. The van der Waals surface area contributed by atoms with Crippen LogP contribution in [0, 0.1) is 11.3 Å². The fourth-order valence-electron chi connectivity index (χ4n) is 4.99. The number of carbonyl (C=O) groups excluding carboxylic acids is 1. The third-order valence-corrected chi connectivity index (χ3v) is 6.96. The third kappa shape index (κ3) is 7.60. The zero-order valence-corrected chi connectivity index (χ0v) is 22.5. The van der Waals surface area contributed by atoms with E-state index in [9.17, 15) is 4.79 Å². The van der Waals surface area contributed by atoms with Gasteiger partial charge in [0.2, 0.25) is 11.8 Å². The Balaban J connectivity index is 0.00000361. The summed E-state index contributed by atoms with van der Waals surface area (Å²) < 4.78 is 5.95. The van der Waals surface area contributed by atoms with E-state index in [-0.39, 0.29) is 29.8 Å². The molecule has 2 aromatic rings. The van der Waals surface area contributed by atoms with Crippen molar-refractivity contribution in [1.29, 1.82) is 0 Å². The number of nitrogens with one attached hydrogen (secondary N) is 1. The highest BCUT2D eigenvalue weighted by atomic mass is 35.5. The number of pyridine rings is 1. The van der Waals surface area contributed by atoms with E-state index in [1.165, 1.54) is 19.3 Å². The molecule has 0 spiro atoms. The number of fused-ring (bicyclic) bond motifs is 1. The number of carbonyl (C=O) groups is 1. The molecule has 0 unspecified atom stereocenters. The second-order valence-electron chi connectivity index (χ2n) is 11.0. The summed E-state index contributed by atoms with van der Waals surface area (Å²) in [7, 11) is 0. The predicted octanol–water partition coefficient (Wildman–Crippen LogP) is 5.95. The van der Waals surface area contributed by atoms with E-state index in [2.05, 4.69) is 41.0 Å². The Bertz CT molecular complexity index is 1030. The fourth-order valence-corrected chi connectivity index (χ4v) is 4.99. The van der Waals surface area contributed by atoms with Gasteiger partial charge in [0.05, 0.1) is 11.9 Å². The maximum absolute atomic E-state index is 13.0. The molecule has 0 saturated heterocycles. The van der Waals surface area contributed by atoms with Gasteiger partial charge >= 0.3 is 0 Å². The molecular weight excluding hydrogens is 474 g/mol. The molecule has 196 valence electrons. The van der Waals surface area contributed by atoms with Gasteiger partial charge in [0, 0.05) is 37.2 Å². The number of ether oxygens (including phenoxy) is 1. The molecule has 36 heavy (non-hydrogen) atoms. The lowest BCUT2D eigenvalue weighted by atomic mass is 9.81. The molecule has 4 rings (SSSR count). The molecule has 8 heteroatoms. The molecule has 1 aromatic heterocycles. The summed E-state index contributed by atoms with van der Waals surface area (Å²) in [6.45, 7) is 7.86. The number of para-hydroxylation sites is 1. The summed E-state index contributed by atoms with van der Waals surface area (Å²) >= 11 is 0. The number of guanidine groups is 1. The Morgan fingerprint density at radius 2 is 1.92 bits per heavy atom. The molecule has 2 aliphatic rings. The molecule has 2 heterocycles. The second kappa shape index (κ2) is 12.4. The topological polar surface area (TPSA) is 92.8 Å². The lowest BCUT2D eigenvalue weighted by Crippen LogP contribution is -2.51. The molecule has 0 radical (unpaired) electrons. The minimum atomic E-state index is 0. The number of hydrogen-bond acceptors (Lipinski definition) is 6. The summed E-state index contributed by atoms with van der Waals surface area (Å²) in [5.74, 6) is 2.25. The minimum Gasteiger partial charge on any atom is -0.439 e. The molecule has 1 fully saturated rings. The normalized spacial score (nSPS) is 16.9. The number of nitrogens with two attached hydrogens (primary N) is 1. The van der Waals surface area contributed by atoms with Crippen molar-refractivity contribution in [3.05, 3.63) is 48.2 Å². The first-order chi connectivity index (χ1) is 16.8. The molecular formula is C28H40ClN5O2. The summed E-state index contributed by atoms with van der Waals surface area (Å²) in [6.07, 6.45) is 9.00. The van der Waals surface area contributed by atoms with E-state index in [1.54, 1.807) is 6.20 Å². The Labute approximate surface area is 221 Å². The van der Waals surface area contributed by atoms with Gasteiger partial charge in [-0.25, -0.2) is 9.98 Å². The van der Waals surface area contributed by atoms with Crippen molar-refractivity contribution in [3.8, 4) is 11.6 Å². The molecule has 1 amide bonds. The first kappa shape index (κ1) is 27.8. The van der Waals surface area contributed by atoms with Crippen LogP contribution in [0.15, 0.2) is 47.6 Å². The monoisotopic (exact) mass is 513 g/mol. The van der Waals surface area contributed by atoms with E-state index in [4.69, 9.17) is 10.5 Å². The second-order valence-corrected chi connectivity index (χ2v) is 11.0. The van der Waals surface area contributed by atoms with E-state index in [0.717, 1.165) is 36.3 Å². The van der Waals surface area contributed by atoms with Crippen LogP contribution in [0.25, 0.3) is 0 Å². The van der Waals surface area contributed by atoms with E-state index < -0.39 is 0 Å². The van der Waals surface area contributed by atoms with Gasteiger partial charge in [0.15, 0.2) is 5.96 Å². The smallest absolute Gasteiger partial charge is 0.222 e. The lowest BCUT2D eigenvalue weighted by molar-refractivity contribution is -0.122. The van der Waals surface area contributed by atoms with Crippen LogP contribution in [0.2, 0.25) is 0 Å². The largest absolute Gasteiger partial charge is 0.439 e. The van der Waals surface area contributed by atoms with Gasteiger partial charge < -0.3 is 20.7 Å². The summed E-state index contributed by atoms with van der Waals surface area (Å²) in [4.78, 5) is 24.2. The number of benzene rings is 1. The molecule has 1 aliphatic carbocycles. The predicted molar refractivity (Wildman–Crippen MR) is 147 cm³/mol. The van der Waals surface area contributed by atoms with Crippen molar-refractivity contribution >= 4 is 30.0 Å². The molecule has 1 atom stereocenters. The number of amides is 1. The van der Waals surface area contributed by atoms with Crippen molar-refractivity contribution < 1.29 is 9.53 Å². The Morgan fingerprint density at radius 1 is 1.19 bits per heavy atom. The number of nitrogens with zero attached hydrogens (tertiary/aromatic N) is 3. The highest BCUT2D eigenvalue weighted by Crippen LogP contribution is 2.35.